The van der Waals surface area contributed by atoms with Gasteiger partial charge < -0.3 is 16.0 Å². The molecule has 2 atom stereocenters. The Kier molecular flexibility index (Phi) is 7.77. The summed E-state index contributed by atoms with van der Waals surface area (Å²) in [7, 11) is 0. The monoisotopic (exact) mass is 346 g/mol. The zero-order chi connectivity index (χ0) is 16.2. The average molecular weight is 347 g/mol. The summed E-state index contributed by atoms with van der Waals surface area (Å²) < 4.78 is 0. The lowest BCUT2D eigenvalue weighted by Crippen LogP contribution is -2.50. The van der Waals surface area contributed by atoms with Crippen molar-refractivity contribution >= 4 is 24.2 Å². The van der Waals surface area contributed by atoms with E-state index in [2.05, 4.69) is 17.1 Å². The first-order chi connectivity index (χ1) is 10.4. The number of likely N-dealkylation sites (tertiary alicyclic amines) is 2. The molecule has 3 N–H and O–H groups in total. The van der Waals surface area contributed by atoms with Crippen molar-refractivity contribution in [3.8, 4) is 0 Å². The van der Waals surface area contributed by atoms with Crippen LogP contribution in [0.25, 0.3) is 0 Å². The van der Waals surface area contributed by atoms with Gasteiger partial charge in [0.1, 0.15) is 6.04 Å². The first-order valence-corrected chi connectivity index (χ1v) is 8.44. The fraction of sp³-hybridized carbons (Fsp3) is 0.875. The second-order valence-corrected chi connectivity index (χ2v) is 7.15. The highest BCUT2D eigenvalue weighted by Crippen LogP contribution is 2.27. The van der Waals surface area contributed by atoms with Crippen LogP contribution in [0.1, 0.15) is 39.5 Å². The summed E-state index contributed by atoms with van der Waals surface area (Å²) >= 11 is 0. The molecule has 2 aliphatic heterocycles. The van der Waals surface area contributed by atoms with E-state index in [0.717, 1.165) is 45.4 Å². The zero-order valence-corrected chi connectivity index (χ0v) is 15.2. The van der Waals surface area contributed by atoms with Crippen LogP contribution < -0.4 is 11.1 Å². The first-order valence-electron chi connectivity index (χ1n) is 8.44. The van der Waals surface area contributed by atoms with Gasteiger partial charge in [0, 0.05) is 19.6 Å². The number of hydrogen-bond acceptors (Lipinski definition) is 4. The lowest BCUT2D eigenvalue weighted by atomic mass is 9.90. The molecule has 0 bridgehead atoms. The van der Waals surface area contributed by atoms with Gasteiger partial charge in [0.15, 0.2) is 0 Å². The van der Waals surface area contributed by atoms with E-state index in [1.165, 1.54) is 6.42 Å². The van der Waals surface area contributed by atoms with Crippen LogP contribution in [0.2, 0.25) is 0 Å². The molecule has 134 valence electrons. The topological polar surface area (TPSA) is 78.7 Å². The minimum absolute atomic E-state index is 0. The molecule has 2 unspecified atom stereocenters. The van der Waals surface area contributed by atoms with Gasteiger partial charge in [-0.3, -0.25) is 14.5 Å². The van der Waals surface area contributed by atoms with E-state index in [1.807, 2.05) is 4.90 Å². The Balaban J connectivity index is 0.00000264. The van der Waals surface area contributed by atoms with E-state index in [4.69, 9.17) is 5.73 Å². The molecule has 0 aromatic rings. The van der Waals surface area contributed by atoms with Crippen LogP contribution in [0.3, 0.4) is 0 Å². The van der Waals surface area contributed by atoms with E-state index >= 15 is 0 Å². The molecule has 6 nitrogen and oxygen atoms in total. The van der Waals surface area contributed by atoms with Crippen molar-refractivity contribution in [1.82, 2.24) is 15.1 Å². The lowest BCUT2D eigenvalue weighted by Gasteiger charge is -2.29. The highest BCUT2D eigenvalue weighted by atomic mass is 35.5. The lowest BCUT2D eigenvalue weighted by molar-refractivity contribution is -0.136. The van der Waals surface area contributed by atoms with Crippen molar-refractivity contribution in [3.05, 3.63) is 0 Å². The molecule has 0 aromatic carbocycles. The number of carbonyl (C=O) groups is 2. The molecular weight excluding hydrogens is 316 g/mol. The molecule has 7 heteroatoms. The largest absolute Gasteiger partial charge is 0.343 e. The van der Waals surface area contributed by atoms with Crippen LogP contribution >= 0.6 is 12.4 Å². The van der Waals surface area contributed by atoms with E-state index in [-0.39, 0.29) is 29.6 Å². The Morgan fingerprint density at radius 1 is 1.22 bits per heavy atom. The van der Waals surface area contributed by atoms with Crippen LogP contribution in [0.5, 0.6) is 0 Å². The van der Waals surface area contributed by atoms with Crippen molar-refractivity contribution in [3.63, 3.8) is 0 Å². The predicted molar refractivity (Wildman–Crippen MR) is 93.5 cm³/mol. The smallest absolute Gasteiger partial charge is 0.244 e. The second kappa shape index (κ2) is 8.85. The van der Waals surface area contributed by atoms with Gasteiger partial charge in [0.2, 0.25) is 11.8 Å². The van der Waals surface area contributed by atoms with Gasteiger partial charge in [-0.1, -0.05) is 6.92 Å². The first kappa shape index (κ1) is 20.2. The van der Waals surface area contributed by atoms with Crippen LogP contribution in [0.4, 0.5) is 0 Å². The molecule has 2 fully saturated rings. The molecule has 0 saturated carbocycles. The van der Waals surface area contributed by atoms with E-state index < -0.39 is 6.04 Å². The standard InChI is InChI=1S/C16H30N4O2.ClH/c1-13(15(22)20-7-4-3-5-8-20)18-14(21)10-19-9-6-16(2,11-17)12-19;/h13H,3-12,17H2,1-2H3,(H,18,21);1H. The average Bonchev–Trinajstić information content (AvgIpc) is 2.89. The van der Waals surface area contributed by atoms with Crippen molar-refractivity contribution in [2.45, 2.75) is 45.6 Å². The molecule has 0 aromatic heterocycles. The number of carbonyl (C=O) groups excluding carboxylic acids is 2. The molecule has 2 amide bonds. The number of piperidine rings is 1. The van der Waals surface area contributed by atoms with Crippen molar-refractivity contribution in [1.29, 1.82) is 0 Å². The summed E-state index contributed by atoms with van der Waals surface area (Å²) in [6, 6.07) is -0.436. The Labute approximate surface area is 145 Å². The summed E-state index contributed by atoms with van der Waals surface area (Å²) in [6.45, 7) is 8.33. The normalized spacial score (nSPS) is 26.5. The van der Waals surface area contributed by atoms with Gasteiger partial charge in [-0.25, -0.2) is 0 Å². The summed E-state index contributed by atoms with van der Waals surface area (Å²) in [5.74, 6) is -0.0274. The Bertz CT molecular complexity index is 415. The number of nitrogens with zero attached hydrogens (tertiary/aromatic N) is 2. The molecule has 0 spiro atoms. The third-order valence-corrected chi connectivity index (χ3v) is 4.91. The molecule has 2 heterocycles. The number of nitrogens with one attached hydrogen (secondary N) is 1. The molecule has 2 aliphatic rings. The maximum Gasteiger partial charge on any atom is 0.244 e. The maximum atomic E-state index is 12.3. The number of nitrogens with two attached hydrogens (primary N) is 1. The highest BCUT2D eigenvalue weighted by Gasteiger charge is 2.33. The molecule has 2 rings (SSSR count). The SMILES string of the molecule is CC(NC(=O)CN1CCC(C)(CN)C1)C(=O)N1CCCCC1.Cl. The number of rotatable bonds is 5. The minimum atomic E-state index is -0.436. The summed E-state index contributed by atoms with van der Waals surface area (Å²) in [4.78, 5) is 28.4. The summed E-state index contributed by atoms with van der Waals surface area (Å²) in [5.41, 5.74) is 5.91. The van der Waals surface area contributed by atoms with Gasteiger partial charge in [-0.05, 0) is 51.1 Å². The number of halogens is 1. The highest BCUT2D eigenvalue weighted by molar-refractivity contribution is 5.88. The molecule has 23 heavy (non-hydrogen) atoms. The van der Waals surface area contributed by atoms with Gasteiger partial charge in [-0.2, -0.15) is 0 Å². The Morgan fingerprint density at radius 2 is 1.87 bits per heavy atom. The fourth-order valence-electron chi connectivity index (χ4n) is 3.37. The van der Waals surface area contributed by atoms with Crippen LogP contribution in [0.15, 0.2) is 0 Å². The predicted octanol–water partition coefficient (Wildman–Crippen LogP) is 0.596. The third-order valence-electron chi connectivity index (χ3n) is 4.91. The van der Waals surface area contributed by atoms with Gasteiger partial charge in [0.05, 0.1) is 6.54 Å². The third kappa shape index (κ3) is 5.62. The summed E-state index contributed by atoms with van der Waals surface area (Å²) in [6.07, 6.45) is 4.36. The van der Waals surface area contributed by atoms with E-state index in [0.29, 0.717) is 13.1 Å². The maximum absolute atomic E-state index is 12.3. The van der Waals surface area contributed by atoms with Crippen molar-refractivity contribution < 1.29 is 9.59 Å². The quantitative estimate of drug-likeness (QED) is 0.764. The van der Waals surface area contributed by atoms with Gasteiger partial charge >= 0.3 is 0 Å². The minimum Gasteiger partial charge on any atom is -0.343 e. The van der Waals surface area contributed by atoms with Gasteiger partial charge in [0.25, 0.3) is 0 Å². The summed E-state index contributed by atoms with van der Waals surface area (Å²) in [5, 5.41) is 2.85. The van der Waals surface area contributed by atoms with Crippen molar-refractivity contribution in [2.24, 2.45) is 11.1 Å². The Hall–Kier alpha value is -0.850. The van der Waals surface area contributed by atoms with Crippen LogP contribution in [-0.2, 0) is 9.59 Å². The number of hydrogen-bond donors (Lipinski definition) is 2. The van der Waals surface area contributed by atoms with Gasteiger partial charge in [-0.15, -0.1) is 12.4 Å². The van der Waals surface area contributed by atoms with Crippen LogP contribution in [-0.4, -0.2) is 66.9 Å². The molecular formula is C16H31ClN4O2. The second-order valence-electron chi connectivity index (χ2n) is 7.15. The zero-order valence-electron chi connectivity index (χ0n) is 14.3. The van der Waals surface area contributed by atoms with Crippen molar-refractivity contribution in [2.75, 3.05) is 39.3 Å². The fourth-order valence-corrected chi connectivity index (χ4v) is 3.37. The molecule has 0 radical (unpaired) electrons. The Morgan fingerprint density at radius 3 is 2.43 bits per heavy atom. The van der Waals surface area contributed by atoms with E-state index in [9.17, 15) is 9.59 Å². The molecule has 2 saturated heterocycles. The molecule has 0 aliphatic carbocycles. The van der Waals surface area contributed by atoms with Crippen LogP contribution in [0, 0.1) is 5.41 Å². The number of amides is 2. The van der Waals surface area contributed by atoms with E-state index in [1.54, 1.807) is 6.92 Å².